The molecule has 2 N–H and O–H groups in total. The average molecular weight is 307 g/mol. The zero-order valence-electron chi connectivity index (χ0n) is 13.7. The number of carbonyl (C=O) groups is 1. The van der Waals surface area contributed by atoms with Gasteiger partial charge in [-0.05, 0) is 25.2 Å². The van der Waals surface area contributed by atoms with Gasteiger partial charge in [0.1, 0.15) is 0 Å². The van der Waals surface area contributed by atoms with E-state index in [2.05, 4.69) is 25.4 Å². The van der Waals surface area contributed by atoms with Crippen LogP contribution in [-0.4, -0.2) is 74.0 Å². The summed E-state index contributed by atoms with van der Waals surface area (Å²) in [5.74, 6) is 2.15. The highest BCUT2D eigenvalue weighted by atomic mass is 16.2. The van der Waals surface area contributed by atoms with Crippen molar-refractivity contribution in [2.24, 2.45) is 10.9 Å². The van der Waals surface area contributed by atoms with Gasteiger partial charge in [-0.1, -0.05) is 12.8 Å². The summed E-state index contributed by atoms with van der Waals surface area (Å²) in [4.78, 5) is 20.8. The molecule has 3 rings (SSSR count). The molecule has 22 heavy (non-hydrogen) atoms. The number of carbonyl (C=O) groups excluding carboxylic acids is 1. The van der Waals surface area contributed by atoms with E-state index in [-0.39, 0.29) is 5.91 Å². The molecule has 0 bridgehead atoms. The van der Waals surface area contributed by atoms with Crippen molar-refractivity contribution in [1.82, 2.24) is 20.4 Å². The summed E-state index contributed by atoms with van der Waals surface area (Å²) in [6.45, 7) is 5.32. The molecule has 0 unspecified atom stereocenters. The van der Waals surface area contributed by atoms with E-state index >= 15 is 0 Å². The van der Waals surface area contributed by atoms with Crippen LogP contribution in [0.15, 0.2) is 4.99 Å². The molecular weight excluding hydrogens is 278 g/mol. The molecule has 1 aliphatic heterocycles. The first-order chi connectivity index (χ1) is 10.7. The summed E-state index contributed by atoms with van der Waals surface area (Å²) < 4.78 is 0. The maximum atomic E-state index is 11.8. The largest absolute Gasteiger partial charge is 0.356 e. The van der Waals surface area contributed by atoms with Crippen molar-refractivity contribution in [3.05, 3.63) is 0 Å². The van der Waals surface area contributed by atoms with Crippen LogP contribution in [0.4, 0.5) is 0 Å². The van der Waals surface area contributed by atoms with Crippen molar-refractivity contribution < 1.29 is 4.79 Å². The molecule has 1 saturated heterocycles. The van der Waals surface area contributed by atoms with Crippen LogP contribution >= 0.6 is 0 Å². The topological polar surface area (TPSA) is 60.0 Å². The number of piperazine rings is 1. The lowest BCUT2D eigenvalue weighted by molar-refractivity contribution is -0.122. The quantitative estimate of drug-likeness (QED) is 0.546. The summed E-state index contributed by atoms with van der Waals surface area (Å²) in [5, 5.41) is 6.54. The summed E-state index contributed by atoms with van der Waals surface area (Å²) in [5.41, 5.74) is 0. The molecule has 6 nitrogen and oxygen atoms in total. The normalized spacial score (nSPS) is 23.5. The lowest BCUT2D eigenvalue weighted by Gasteiger charge is -2.36. The second kappa shape index (κ2) is 7.31. The Labute approximate surface area is 133 Å². The minimum atomic E-state index is 0.183. The number of amides is 1. The van der Waals surface area contributed by atoms with E-state index < -0.39 is 0 Å². The lowest BCUT2D eigenvalue weighted by Crippen LogP contribution is -2.54. The number of guanidine groups is 1. The van der Waals surface area contributed by atoms with Gasteiger partial charge in [0.05, 0.1) is 6.54 Å². The van der Waals surface area contributed by atoms with E-state index in [4.69, 9.17) is 0 Å². The Kier molecular flexibility index (Phi) is 5.18. The van der Waals surface area contributed by atoms with Gasteiger partial charge in [0.25, 0.3) is 0 Å². The minimum Gasteiger partial charge on any atom is -0.356 e. The van der Waals surface area contributed by atoms with Crippen molar-refractivity contribution in [2.45, 2.75) is 38.1 Å². The standard InChI is InChI=1S/C16H29N5O/c1-17-16(18-7-6-13-2-3-13)21-10-8-20(9-11-21)12-15(22)19-14-4-5-14/h13-14H,2-12H2,1H3,(H,17,18)(H,19,22). The van der Waals surface area contributed by atoms with Gasteiger partial charge in [-0.3, -0.25) is 14.7 Å². The van der Waals surface area contributed by atoms with Gasteiger partial charge in [-0.25, -0.2) is 0 Å². The molecule has 0 aromatic rings. The van der Waals surface area contributed by atoms with Crippen molar-refractivity contribution >= 4 is 11.9 Å². The number of rotatable bonds is 6. The Morgan fingerprint density at radius 2 is 1.86 bits per heavy atom. The van der Waals surface area contributed by atoms with Gasteiger partial charge in [0.15, 0.2) is 5.96 Å². The Balaban J connectivity index is 1.34. The van der Waals surface area contributed by atoms with Gasteiger partial charge in [0.2, 0.25) is 5.91 Å². The van der Waals surface area contributed by atoms with Crippen LogP contribution in [0.1, 0.15) is 32.1 Å². The third-order valence-corrected chi connectivity index (χ3v) is 4.73. The maximum Gasteiger partial charge on any atom is 0.234 e. The van der Waals surface area contributed by atoms with Gasteiger partial charge >= 0.3 is 0 Å². The number of aliphatic imine (C=N–C) groups is 1. The summed E-state index contributed by atoms with van der Waals surface area (Å²) in [6, 6.07) is 0.461. The highest BCUT2D eigenvalue weighted by molar-refractivity contribution is 5.80. The first-order valence-corrected chi connectivity index (χ1v) is 8.72. The van der Waals surface area contributed by atoms with Crippen LogP contribution < -0.4 is 10.6 Å². The number of hydrogen-bond donors (Lipinski definition) is 2. The van der Waals surface area contributed by atoms with Gasteiger partial charge < -0.3 is 15.5 Å². The first kappa shape index (κ1) is 15.6. The fourth-order valence-corrected chi connectivity index (χ4v) is 2.95. The van der Waals surface area contributed by atoms with Crippen LogP contribution in [0.25, 0.3) is 0 Å². The van der Waals surface area contributed by atoms with E-state index in [1.165, 1.54) is 19.3 Å². The second-order valence-corrected chi connectivity index (χ2v) is 6.81. The van der Waals surface area contributed by atoms with Crippen LogP contribution in [0.3, 0.4) is 0 Å². The molecule has 2 aliphatic carbocycles. The van der Waals surface area contributed by atoms with Crippen molar-refractivity contribution in [3.63, 3.8) is 0 Å². The monoisotopic (exact) mass is 307 g/mol. The highest BCUT2D eigenvalue weighted by Gasteiger charge is 2.26. The molecule has 1 amide bonds. The summed E-state index contributed by atoms with van der Waals surface area (Å²) in [6.07, 6.45) is 6.38. The van der Waals surface area contributed by atoms with E-state index in [0.717, 1.165) is 57.4 Å². The Hall–Kier alpha value is -1.30. The van der Waals surface area contributed by atoms with E-state index in [1.807, 2.05) is 7.05 Å². The second-order valence-electron chi connectivity index (χ2n) is 6.81. The zero-order valence-corrected chi connectivity index (χ0v) is 13.7. The predicted octanol–water partition coefficient (Wildman–Crippen LogP) is 0.258. The summed E-state index contributed by atoms with van der Waals surface area (Å²) in [7, 11) is 1.86. The average Bonchev–Trinajstić information content (AvgIpc) is 3.40. The Morgan fingerprint density at radius 1 is 1.14 bits per heavy atom. The molecule has 6 heteroatoms. The van der Waals surface area contributed by atoms with Gasteiger partial charge in [-0.2, -0.15) is 0 Å². The Morgan fingerprint density at radius 3 is 2.45 bits per heavy atom. The number of nitrogens with one attached hydrogen (secondary N) is 2. The molecule has 124 valence electrons. The van der Waals surface area contributed by atoms with Crippen LogP contribution in [0, 0.1) is 5.92 Å². The molecular formula is C16H29N5O. The fraction of sp³-hybridized carbons (Fsp3) is 0.875. The molecule has 0 atom stereocenters. The first-order valence-electron chi connectivity index (χ1n) is 8.72. The van der Waals surface area contributed by atoms with Crippen molar-refractivity contribution in [1.29, 1.82) is 0 Å². The molecule has 3 aliphatic rings. The third kappa shape index (κ3) is 4.87. The number of nitrogens with zero attached hydrogens (tertiary/aromatic N) is 3. The smallest absolute Gasteiger partial charge is 0.234 e. The van der Waals surface area contributed by atoms with E-state index in [0.29, 0.717) is 12.6 Å². The fourth-order valence-electron chi connectivity index (χ4n) is 2.95. The molecule has 0 spiro atoms. The van der Waals surface area contributed by atoms with Crippen molar-refractivity contribution in [2.75, 3.05) is 46.3 Å². The van der Waals surface area contributed by atoms with E-state index in [9.17, 15) is 4.79 Å². The molecule has 0 radical (unpaired) electrons. The molecule has 1 heterocycles. The molecule has 0 aromatic heterocycles. The van der Waals surface area contributed by atoms with Gasteiger partial charge in [0, 0.05) is 45.8 Å². The zero-order chi connectivity index (χ0) is 15.4. The van der Waals surface area contributed by atoms with Gasteiger partial charge in [-0.15, -0.1) is 0 Å². The third-order valence-electron chi connectivity index (χ3n) is 4.73. The molecule has 0 aromatic carbocycles. The highest BCUT2D eigenvalue weighted by Crippen LogP contribution is 2.31. The van der Waals surface area contributed by atoms with Crippen LogP contribution in [-0.2, 0) is 4.79 Å². The molecule has 2 saturated carbocycles. The predicted molar refractivity (Wildman–Crippen MR) is 87.9 cm³/mol. The summed E-state index contributed by atoms with van der Waals surface area (Å²) >= 11 is 0. The van der Waals surface area contributed by atoms with E-state index in [1.54, 1.807) is 0 Å². The Bertz CT molecular complexity index is 409. The maximum absolute atomic E-state index is 11.8. The lowest BCUT2D eigenvalue weighted by atomic mass is 10.3. The van der Waals surface area contributed by atoms with Crippen LogP contribution in [0.5, 0.6) is 0 Å². The van der Waals surface area contributed by atoms with Crippen LogP contribution in [0.2, 0.25) is 0 Å². The number of hydrogen-bond acceptors (Lipinski definition) is 3. The SMILES string of the molecule is CN=C(NCCC1CC1)N1CCN(CC(=O)NC2CC2)CC1. The minimum absolute atomic E-state index is 0.183. The molecule has 3 fully saturated rings. The van der Waals surface area contributed by atoms with Crippen molar-refractivity contribution in [3.8, 4) is 0 Å².